The van der Waals surface area contributed by atoms with Crippen LogP contribution in [-0.4, -0.2) is 28.1 Å². The van der Waals surface area contributed by atoms with E-state index in [9.17, 15) is 9.59 Å². The molecule has 6 heteroatoms. The topological polar surface area (TPSA) is 91.3 Å². The Morgan fingerprint density at radius 2 is 2.11 bits per heavy atom. The van der Waals surface area contributed by atoms with E-state index in [1.54, 1.807) is 6.07 Å². The van der Waals surface area contributed by atoms with E-state index in [0.29, 0.717) is 5.92 Å². The van der Waals surface area contributed by atoms with Crippen LogP contribution in [0.1, 0.15) is 37.7 Å². The Bertz CT molecular complexity index is 462. The van der Waals surface area contributed by atoms with Gasteiger partial charge in [0.15, 0.2) is 5.69 Å². The zero-order valence-electron chi connectivity index (χ0n) is 11.3. The molecule has 0 radical (unpaired) electrons. The molecule has 0 aromatic carbocycles. The fraction of sp³-hybridized carbons (Fsp3) is 0.462. The Labute approximate surface area is 112 Å². The molecular formula is C13H19N3O3. The summed E-state index contributed by atoms with van der Waals surface area (Å²) in [6.07, 6.45) is 2.32. The van der Waals surface area contributed by atoms with Gasteiger partial charge < -0.3 is 15.7 Å². The largest absolute Gasteiger partial charge is 0.476 e. The highest BCUT2D eigenvalue weighted by molar-refractivity contribution is 5.98. The molecule has 0 bridgehead atoms. The molecule has 1 heterocycles. The number of anilines is 1. The number of aromatic carboxylic acids is 1. The number of nitrogens with zero attached hydrogens (tertiary/aromatic N) is 1. The van der Waals surface area contributed by atoms with Crippen LogP contribution in [0.5, 0.6) is 0 Å². The Morgan fingerprint density at radius 1 is 1.42 bits per heavy atom. The van der Waals surface area contributed by atoms with E-state index in [2.05, 4.69) is 15.6 Å². The first kappa shape index (κ1) is 14.9. The Hall–Kier alpha value is -2.11. The maximum absolute atomic E-state index is 11.8. The lowest BCUT2D eigenvalue weighted by atomic mass is 10.0. The molecule has 0 aliphatic carbocycles. The number of carboxylic acid groups (broad SMARTS) is 1. The third kappa shape index (κ3) is 4.24. The summed E-state index contributed by atoms with van der Waals surface area (Å²) in [5.41, 5.74) is 0.0118. The van der Waals surface area contributed by atoms with E-state index >= 15 is 0 Å². The maximum Gasteiger partial charge on any atom is 0.356 e. The van der Waals surface area contributed by atoms with Crippen molar-refractivity contribution < 1.29 is 14.7 Å². The molecule has 0 fully saturated rings. The molecule has 2 amide bonds. The van der Waals surface area contributed by atoms with E-state index in [4.69, 9.17) is 5.11 Å². The lowest BCUT2D eigenvalue weighted by Gasteiger charge is -2.20. The summed E-state index contributed by atoms with van der Waals surface area (Å²) < 4.78 is 0. The van der Waals surface area contributed by atoms with Crippen LogP contribution in [0.25, 0.3) is 0 Å². The second-order valence-electron chi connectivity index (χ2n) is 4.48. The fourth-order valence-corrected chi connectivity index (χ4v) is 1.54. The van der Waals surface area contributed by atoms with Crippen molar-refractivity contribution in [3.63, 3.8) is 0 Å². The van der Waals surface area contributed by atoms with Crippen LogP contribution < -0.4 is 10.6 Å². The predicted octanol–water partition coefficient (Wildman–Crippen LogP) is 2.34. The molecule has 6 nitrogen and oxygen atoms in total. The van der Waals surface area contributed by atoms with Crippen LogP contribution in [0.3, 0.4) is 0 Å². The van der Waals surface area contributed by atoms with Crippen LogP contribution in [0.4, 0.5) is 10.5 Å². The van der Waals surface area contributed by atoms with E-state index in [1.165, 1.54) is 12.3 Å². The summed E-state index contributed by atoms with van der Waals surface area (Å²) in [5.74, 6) is -0.829. The standard InChI is InChI=1S/C13H19N3O3/c1-4-8(2)9(3)15-13(19)16-10-6-5-7-14-11(10)12(17)18/h5-9H,4H2,1-3H3,(H,17,18)(H2,15,16,19). The lowest BCUT2D eigenvalue weighted by Crippen LogP contribution is -2.39. The molecule has 1 aromatic heterocycles. The number of urea groups is 1. The predicted molar refractivity (Wildman–Crippen MR) is 72.3 cm³/mol. The van der Waals surface area contributed by atoms with Gasteiger partial charge >= 0.3 is 12.0 Å². The number of amides is 2. The van der Waals surface area contributed by atoms with Gasteiger partial charge in [-0.25, -0.2) is 14.6 Å². The number of aromatic nitrogens is 1. The van der Waals surface area contributed by atoms with Crippen molar-refractivity contribution in [2.24, 2.45) is 5.92 Å². The summed E-state index contributed by atoms with van der Waals surface area (Å²) >= 11 is 0. The van der Waals surface area contributed by atoms with Gasteiger partial charge in [-0.2, -0.15) is 0 Å². The number of pyridine rings is 1. The van der Waals surface area contributed by atoms with E-state index in [1.807, 2.05) is 20.8 Å². The Morgan fingerprint density at radius 3 is 2.68 bits per heavy atom. The molecule has 1 aromatic rings. The van der Waals surface area contributed by atoms with Crippen molar-refractivity contribution >= 4 is 17.7 Å². The highest BCUT2D eigenvalue weighted by Crippen LogP contribution is 2.12. The summed E-state index contributed by atoms with van der Waals surface area (Å²) in [6.45, 7) is 6.00. The summed E-state index contributed by atoms with van der Waals surface area (Å²) in [6, 6.07) is 2.66. The number of carbonyl (C=O) groups excluding carboxylic acids is 1. The number of rotatable bonds is 5. The molecule has 0 saturated heterocycles. The first-order valence-electron chi connectivity index (χ1n) is 6.21. The third-order valence-corrected chi connectivity index (χ3v) is 3.11. The maximum atomic E-state index is 11.8. The number of hydrogen-bond acceptors (Lipinski definition) is 3. The van der Waals surface area contributed by atoms with E-state index in [-0.39, 0.29) is 17.4 Å². The van der Waals surface area contributed by atoms with Gasteiger partial charge in [0.05, 0.1) is 5.69 Å². The molecule has 1 rings (SSSR count). The van der Waals surface area contributed by atoms with Gasteiger partial charge in [-0.3, -0.25) is 0 Å². The van der Waals surface area contributed by atoms with Gasteiger partial charge in [0, 0.05) is 12.2 Å². The number of nitrogens with one attached hydrogen (secondary N) is 2. The van der Waals surface area contributed by atoms with Crippen molar-refractivity contribution in [2.45, 2.75) is 33.2 Å². The second-order valence-corrected chi connectivity index (χ2v) is 4.48. The molecule has 0 aliphatic rings. The molecule has 0 spiro atoms. The monoisotopic (exact) mass is 265 g/mol. The highest BCUT2D eigenvalue weighted by atomic mass is 16.4. The first-order chi connectivity index (χ1) is 8.95. The molecule has 2 unspecified atom stereocenters. The molecule has 104 valence electrons. The van der Waals surface area contributed by atoms with Gasteiger partial charge in [-0.15, -0.1) is 0 Å². The van der Waals surface area contributed by atoms with Crippen LogP contribution in [0.2, 0.25) is 0 Å². The van der Waals surface area contributed by atoms with Crippen LogP contribution >= 0.6 is 0 Å². The van der Waals surface area contributed by atoms with Crippen LogP contribution in [0, 0.1) is 5.92 Å². The second kappa shape index (κ2) is 6.72. The summed E-state index contributed by atoms with van der Waals surface area (Å²) in [4.78, 5) is 26.4. The average Bonchev–Trinajstić information content (AvgIpc) is 2.37. The minimum absolute atomic E-state index is 0.00921. The van der Waals surface area contributed by atoms with Gasteiger partial charge in [0.25, 0.3) is 0 Å². The zero-order chi connectivity index (χ0) is 14.4. The normalized spacial score (nSPS) is 13.4. The fourth-order valence-electron chi connectivity index (χ4n) is 1.54. The highest BCUT2D eigenvalue weighted by Gasteiger charge is 2.16. The molecule has 3 N–H and O–H groups in total. The summed E-state index contributed by atoms with van der Waals surface area (Å²) in [5, 5.41) is 14.2. The molecule has 0 aliphatic heterocycles. The van der Waals surface area contributed by atoms with Gasteiger partial charge in [-0.05, 0) is 25.0 Å². The number of hydrogen-bond donors (Lipinski definition) is 3. The van der Waals surface area contributed by atoms with Crippen molar-refractivity contribution in [3.05, 3.63) is 24.0 Å². The molecule has 2 atom stereocenters. The third-order valence-electron chi connectivity index (χ3n) is 3.11. The van der Waals surface area contributed by atoms with Crippen molar-refractivity contribution in [1.82, 2.24) is 10.3 Å². The Kier molecular flexibility index (Phi) is 5.29. The average molecular weight is 265 g/mol. The Balaban J connectivity index is 2.70. The van der Waals surface area contributed by atoms with Crippen molar-refractivity contribution in [1.29, 1.82) is 0 Å². The quantitative estimate of drug-likeness (QED) is 0.762. The van der Waals surface area contributed by atoms with Crippen molar-refractivity contribution in [2.75, 3.05) is 5.32 Å². The van der Waals surface area contributed by atoms with E-state index in [0.717, 1.165) is 6.42 Å². The van der Waals surface area contributed by atoms with Crippen LogP contribution in [0.15, 0.2) is 18.3 Å². The number of carboxylic acids is 1. The lowest BCUT2D eigenvalue weighted by molar-refractivity contribution is 0.0692. The van der Waals surface area contributed by atoms with Gasteiger partial charge in [-0.1, -0.05) is 20.3 Å². The SMILES string of the molecule is CCC(C)C(C)NC(=O)Nc1cccnc1C(=O)O. The van der Waals surface area contributed by atoms with Gasteiger partial charge in [0.2, 0.25) is 0 Å². The minimum atomic E-state index is -1.18. The minimum Gasteiger partial charge on any atom is -0.476 e. The summed E-state index contributed by atoms with van der Waals surface area (Å²) in [7, 11) is 0. The number of carbonyl (C=O) groups is 2. The molecule has 19 heavy (non-hydrogen) atoms. The van der Waals surface area contributed by atoms with Crippen molar-refractivity contribution in [3.8, 4) is 0 Å². The van der Waals surface area contributed by atoms with Gasteiger partial charge in [0.1, 0.15) is 0 Å². The smallest absolute Gasteiger partial charge is 0.356 e. The molecular weight excluding hydrogens is 246 g/mol. The van der Waals surface area contributed by atoms with E-state index < -0.39 is 12.0 Å². The molecule has 0 saturated carbocycles. The first-order valence-corrected chi connectivity index (χ1v) is 6.21. The zero-order valence-corrected chi connectivity index (χ0v) is 11.3. The van der Waals surface area contributed by atoms with Crippen LogP contribution in [-0.2, 0) is 0 Å².